The Morgan fingerprint density at radius 2 is 1.23 bits per heavy atom. The molecule has 0 bridgehead atoms. The summed E-state index contributed by atoms with van der Waals surface area (Å²) < 4.78 is 11.5. The van der Waals surface area contributed by atoms with Crippen LogP contribution in [0.15, 0.2) is 93.2 Å². The van der Waals surface area contributed by atoms with Crippen LogP contribution in [0.25, 0.3) is 22.9 Å². The van der Waals surface area contributed by atoms with Crippen LogP contribution >= 0.6 is 0 Å². The number of aromatic amines is 1. The van der Waals surface area contributed by atoms with Crippen molar-refractivity contribution in [3.8, 4) is 0 Å². The maximum Gasteiger partial charge on any atom is 0.220 e. The highest BCUT2D eigenvalue weighted by atomic mass is 16.3. The average molecular weight is 462 g/mol. The second kappa shape index (κ2) is 9.63. The van der Waals surface area contributed by atoms with Crippen molar-refractivity contribution in [2.45, 2.75) is 38.5 Å². The molecule has 174 valence electrons. The summed E-state index contributed by atoms with van der Waals surface area (Å²) in [5, 5.41) is 4.09. The predicted molar refractivity (Wildman–Crippen MR) is 138 cm³/mol. The number of fused-ring (bicyclic) bond motifs is 1. The second-order valence-electron chi connectivity index (χ2n) is 9.01. The van der Waals surface area contributed by atoms with Crippen molar-refractivity contribution in [2.24, 2.45) is 0 Å². The maximum absolute atomic E-state index is 5.77. The summed E-state index contributed by atoms with van der Waals surface area (Å²) in [5.41, 5.74) is 4.46. The number of benzene rings is 1. The molecule has 1 N–H and O–H groups in total. The zero-order valence-corrected chi connectivity index (χ0v) is 19.5. The van der Waals surface area contributed by atoms with Crippen molar-refractivity contribution in [1.29, 1.82) is 0 Å². The number of aromatic nitrogens is 3. The predicted octanol–water partition coefficient (Wildman–Crippen LogP) is 5.44. The molecule has 0 saturated carbocycles. The van der Waals surface area contributed by atoms with Crippen LogP contribution in [-0.2, 0) is 12.8 Å². The van der Waals surface area contributed by atoms with E-state index in [1.807, 2.05) is 24.3 Å². The largest absolute Gasteiger partial charge is 0.445 e. The van der Waals surface area contributed by atoms with Gasteiger partial charge in [0, 0.05) is 35.8 Å². The standard InChI is InChI=1S/C30H27N3O2/c1-3-9-21(10-4-1)15-23-19-34-29(31-23)17-27-25-13-7-8-14-26(25)28(33-27)18-30-32-24(20-35-30)16-22-11-5-2-6-12-22/h3,5,7-14,17-20,33H,1-2,4,6,15-16H2/b27-17-,28-18-. The van der Waals surface area contributed by atoms with E-state index in [1.54, 1.807) is 12.5 Å². The van der Waals surface area contributed by atoms with Crippen molar-refractivity contribution in [2.75, 3.05) is 0 Å². The molecule has 0 atom stereocenters. The zero-order valence-electron chi connectivity index (χ0n) is 19.5. The first-order valence-electron chi connectivity index (χ1n) is 12.2. The van der Waals surface area contributed by atoms with Gasteiger partial charge in [0.1, 0.15) is 12.5 Å². The fraction of sp³-hybridized carbons (Fsp3) is 0.200. The number of rotatable bonds is 6. The summed E-state index contributed by atoms with van der Waals surface area (Å²) >= 11 is 0. The van der Waals surface area contributed by atoms with Gasteiger partial charge in [-0.2, -0.15) is 0 Å². The molecule has 4 aromatic rings. The van der Waals surface area contributed by atoms with Gasteiger partial charge in [0.25, 0.3) is 0 Å². The van der Waals surface area contributed by atoms with Gasteiger partial charge in [-0.05, 0) is 36.8 Å². The van der Waals surface area contributed by atoms with Crippen LogP contribution in [-0.4, -0.2) is 15.0 Å². The van der Waals surface area contributed by atoms with Gasteiger partial charge in [-0.1, -0.05) is 60.7 Å². The molecule has 2 aliphatic carbocycles. The third kappa shape index (κ3) is 4.90. The van der Waals surface area contributed by atoms with Crippen LogP contribution in [0.1, 0.15) is 48.9 Å². The number of nitrogens with zero attached hydrogens (tertiary/aromatic N) is 2. The minimum Gasteiger partial charge on any atom is -0.445 e. The van der Waals surface area contributed by atoms with Crippen LogP contribution in [0.4, 0.5) is 0 Å². The molecule has 35 heavy (non-hydrogen) atoms. The lowest BCUT2D eigenvalue weighted by atomic mass is 10.0. The van der Waals surface area contributed by atoms with Crippen LogP contribution < -0.4 is 10.7 Å². The third-order valence-corrected chi connectivity index (χ3v) is 6.37. The van der Waals surface area contributed by atoms with Gasteiger partial charge in [0.2, 0.25) is 11.8 Å². The average Bonchev–Trinajstić information content (AvgIpc) is 3.61. The van der Waals surface area contributed by atoms with Crippen LogP contribution in [0.3, 0.4) is 0 Å². The zero-order chi connectivity index (χ0) is 23.5. The Bertz CT molecular complexity index is 1490. The van der Waals surface area contributed by atoms with E-state index in [4.69, 9.17) is 8.83 Å². The molecule has 0 radical (unpaired) electrons. The topological polar surface area (TPSA) is 67.8 Å². The van der Waals surface area contributed by atoms with E-state index < -0.39 is 0 Å². The second-order valence-corrected chi connectivity index (χ2v) is 9.01. The highest BCUT2D eigenvalue weighted by Crippen LogP contribution is 2.17. The molecule has 5 nitrogen and oxygen atoms in total. The number of H-pyrrole nitrogens is 1. The lowest BCUT2D eigenvalue weighted by Crippen LogP contribution is -2.10. The van der Waals surface area contributed by atoms with E-state index in [-0.39, 0.29) is 0 Å². The number of nitrogens with one attached hydrogen (secondary N) is 1. The van der Waals surface area contributed by atoms with Crippen molar-refractivity contribution in [1.82, 2.24) is 15.0 Å². The number of oxazole rings is 2. The molecule has 0 spiro atoms. The first kappa shape index (κ1) is 21.4. The quantitative estimate of drug-likeness (QED) is 0.415. The Balaban J connectivity index is 1.30. The van der Waals surface area contributed by atoms with E-state index in [0.29, 0.717) is 11.8 Å². The first-order chi connectivity index (χ1) is 17.3. The Kier molecular flexibility index (Phi) is 5.89. The van der Waals surface area contributed by atoms with Crippen LogP contribution in [0, 0.1) is 0 Å². The van der Waals surface area contributed by atoms with E-state index in [9.17, 15) is 0 Å². The Hall–Kier alpha value is -4.12. The fourth-order valence-corrected chi connectivity index (χ4v) is 4.66. The van der Waals surface area contributed by atoms with Crippen molar-refractivity contribution < 1.29 is 8.83 Å². The van der Waals surface area contributed by atoms with E-state index in [1.165, 1.54) is 11.1 Å². The molecule has 0 unspecified atom stereocenters. The van der Waals surface area contributed by atoms with E-state index in [2.05, 4.69) is 63.5 Å². The van der Waals surface area contributed by atoms with E-state index in [0.717, 1.165) is 71.4 Å². The minimum atomic E-state index is 0.589. The Morgan fingerprint density at radius 1 is 0.714 bits per heavy atom. The molecule has 5 heteroatoms. The highest BCUT2D eigenvalue weighted by molar-refractivity contribution is 5.85. The lowest BCUT2D eigenvalue weighted by Gasteiger charge is -2.03. The van der Waals surface area contributed by atoms with Gasteiger partial charge in [0.15, 0.2) is 0 Å². The van der Waals surface area contributed by atoms with Gasteiger partial charge in [-0.15, -0.1) is 0 Å². The molecule has 2 aliphatic rings. The molecule has 0 amide bonds. The highest BCUT2D eigenvalue weighted by Gasteiger charge is 2.09. The molecular weight excluding hydrogens is 434 g/mol. The summed E-state index contributed by atoms with van der Waals surface area (Å²) in [5.74, 6) is 1.18. The van der Waals surface area contributed by atoms with Crippen molar-refractivity contribution in [3.05, 3.63) is 118 Å². The number of hydrogen-bond donors (Lipinski definition) is 1. The van der Waals surface area contributed by atoms with Gasteiger partial charge in [-0.25, -0.2) is 9.97 Å². The summed E-state index contributed by atoms with van der Waals surface area (Å²) in [6, 6.07) is 8.27. The van der Waals surface area contributed by atoms with E-state index >= 15 is 0 Å². The lowest BCUT2D eigenvalue weighted by molar-refractivity contribution is 0.545. The van der Waals surface area contributed by atoms with Gasteiger partial charge in [-0.3, -0.25) is 0 Å². The molecule has 3 heterocycles. The summed E-state index contributed by atoms with van der Waals surface area (Å²) in [7, 11) is 0. The first-order valence-corrected chi connectivity index (χ1v) is 12.2. The third-order valence-electron chi connectivity index (χ3n) is 6.37. The Morgan fingerprint density at radius 3 is 1.69 bits per heavy atom. The SMILES string of the molecule is C1=CC(Cc2coc(/C=c3\[nH]/c(=C\c4nc(CC5=CCCC=C5)co4)c4ccccc34)n2)=CCC1. The normalized spacial score (nSPS) is 16.8. The van der Waals surface area contributed by atoms with Gasteiger partial charge < -0.3 is 13.8 Å². The number of allylic oxidation sites excluding steroid dienone is 8. The molecule has 0 fully saturated rings. The van der Waals surface area contributed by atoms with Gasteiger partial charge in [0.05, 0.1) is 22.1 Å². The molecule has 3 aromatic heterocycles. The molecule has 0 saturated heterocycles. The molecule has 6 rings (SSSR count). The molecular formula is C30H27N3O2. The smallest absolute Gasteiger partial charge is 0.220 e. The molecule has 0 aliphatic heterocycles. The summed E-state index contributed by atoms with van der Waals surface area (Å²) in [4.78, 5) is 12.9. The monoisotopic (exact) mass is 461 g/mol. The summed E-state index contributed by atoms with van der Waals surface area (Å²) in [6.45, 7) is 0. The Labute approximate surface area is 203 Å². The summed E-state index contributed by atoms with van der Waals surface area (Å²) in [6.07, 6.45) is 26.7. The number of hydrogen-bond acceptors (Lipinski definition) is 4. The van der Waals surface area contributed by atoms with Crippen molar-refractivity contribution in [3.63, 3.8) is 0 Å². The van der Waals surface area contributed by atoms with Crippen molar-refractivity contribution >= 4 is 22.9 Å². The van der Waals surface area contributed by atoms with Crippen LogP contribution in [0.2, 0.25) is 0 Å². The molecule has 1 aromatic carbocycles. The van der Waals surface area contributed by atoms with Gasteiger partial charge >= 0.3 is 0 Å². The van der Waals surface area contributed by atoms with Crippen LogP contribution in [0.5, 0.6) is 0 Å². The fourth-order valence-electron chi connectivity index (χ4n) is 4.66. The minimum absolute atomic E-state index is 0.589. The maximum atomic E-state index is 5.77.